The Morgan fingerprint density at radius 3 is 2.54 bits per heavy atom. The average molecular weight is 560 g/mol. The van der Waals surface area contributed by atoms with E-state index < -0.39 is 0 Å². The number of carbonyl (C=O) groups is 2. The van der Waals surface area contributed by atoms with Crippen LogP contribution in [0.1, 0.15) is 50.7 Å². The summed E-state index contributed by atoms with van der Waals surface area (Å²) in [5, 5.41) is 16.6. The van der Waals surface area contributed by atoms with Crippen molar-refractivity contribution in [3.8, 4) is 22.6 Å². The maximum absolute atomic E-state index is 12.4. The molecule has 0 aromatic heterocycles. The minimum Gasteiger partial charge on any atom is -0.507 e. The average Bonchev–Trinajstić information content (AvgIpc) is 2.99. The van der Waals surface area contributed by atoms with Gasteiger partial charge in [0.1, 0.15) is 11.5 Å². The molecule has 8 heteroatoms. The number of methoxy groups -OCH3 is 1. The summed E-state index contributed by atoms with van der Waals surface area (Å²) in [6, 6.07) is 20.5. The van der Waals surface area contributed by atoms with E-state index in [0.717, 1.165) is 41.5 Å². The molecule has 0 aliphatic carbocycles. The van der Waals surface area contributed by atoms with E-state index in [1.165, 1.54) is 0 Å². The van der Waals surface area contributed by atoms with Gasteiger partial charge in [0.2, 0.25) is 5.91 Å². The molecular weight excluding hydrogens is 518 g/mol. The Kier molecular flexibility index (Phi) is 10.2. The van der Waals surface area contributed by atoms with Gasteiger partial charge in [-0.3, -0.25) is 4.79 Å². The van der Waals surface area contributed by atoms with E-state index in [-0.39, 0.29) is 23.1 Å². The number of phenolic OH excluding ortho intramolecular Hbond substituents is 1. The van der Waals surface area contributed by atoms with Gasteiger partial charge >= 0.3 is 6.03 Å². The van der Waals surface area contributed by atoms with Crippen molar-refractivity contribution in [1.82, 2.24) is 10.2 Å². The zero-order valence-corrected chi connectivity index (χ0v) is 24.2. The highest BCUT2D eigenvalue weighted by molar-refractivity contribution is 5.89. The smallest absolute Gasteiger partial charge is 0.319 e. The third kappa shape index (κ3) is 8.47. The first-order chi connectivity index (χ1) is 19.7. The van der Waals surface area contributed by atoms with Crippen molar-refractivity contribution in [2.24, 2.45) is 0 Å². The lowest BCUT2D eigenvalue weighted by Crippen LogP contribution is -2.40. The minimum absolute atomic E-state index is 0.139. The molecule has 0 saturated carbocycles. The van der Waals surface area contributed by atoms with Crippen LogP contribution in [-0.4, -0.2) is 55.4 Å². The number of amides is 3. The number of anilines is 1. The van der Waals surface area contributed by atoms with E-state index in [9.17, 15) is 14.7 Å². The Bertz CT molecular complexity index is 1330. The molecule has 0 atom stereocenters. The van der Waals surface area contributed by atoms with Gasteiger partial charge < -0.3 is 30.1 Å². The van der Waals surface area contributed by atoms with Crippen LogP contribution < -0.4 is 15.4 Å². The number of ether oxygens (including phenoxy) is 2. The molecule has 0 radical (unpaired) electrons. The van der Waals surface area contributed by atoms with Crippen molar-refractivity contribution in [3.05, 3.63) is 77.9 Å². The Hall–Kier alpha value is -4.04. The van der Waals surface area contributed by atoms with Crippen molar-refractivity contribution in [3.63, 3.8) is 0 Å². The molecule has 3 aromatic carbocycles. The number of carbonyl (C=O) groups excluding carboxylic acids is 2. The Labute approximate surface area is 242 Å². The maximum Gasteiger partial charge on any atom is 0.319 e. The van der Waals surface area contributed by atoms with E-state index in [0.29, 0.717) is 50.7 Å². The van der Waals surface area contributed by atoms with Crippen molar-refractivity contribution in [2.45, 2.75) is 51.5 Å². The summed E-state index contributed by atoms with van der Waals surface area (Å²) in [6.45, 7) is 7.32. The molecule has 1 saturated heterocycles. The number of aromatic hydroxyl groups is 1. The first-order valence-corrected chi connectivity index (χ1v) is 14.2. The van der Waals surface area contributed by atoms with E-state index >= 15 is 0 Å². The number of nitrogens with zero attached hydrogens (tertiary/aromatic N) is 1. The van der Waals surface area contributed by atoms with Crippen LogP contribution in [0.25, 0.3) is 11.1 Å². The Morgan fingerprint density at radius 2 is 1.78 bits per heavy atom. The highest BCUT2D eigenvalue weighted by atomic mass is 16.5. The normalized spacial score (nSPS) is 13.5. The third-order valence-corrected chi connectivity index (χ3v) is 7.60. The molecule has 3 amide bonds. The van der Waals surface area contributed by atoms with Crippen molar-refractivity contribution < 1.29 is 24.2 Å². The molecular formula is C33H41N3O5. The second-order valence-corrected chi connectivity index (χ2v) is 11.1. The summed E-state index contributed by atoms with van der Waals surface area (Å²) in [4.78, 5) is 26.7. The molecule has 3 aromatic rings. The fourth-order valence-corrected chi connectivity index (χ4v) is 5.06. The van der Waals surface area contributed by atoms with Gasteiger partial charge in [-0.15, -0.1) is 0 Å². The number of unbranched alkanes of at least 4 members (excludes halogenated alkanes) is 1. The van der Waals surface area contributed by atoms with E-state index in [4.69, 9.17) is 9.47 Å². The quantitative estimate of drug-likeness (QED) is 0.247. The standard InChI is InChI=1S/C33H41N3O5/c1-33(2,15-5-4-12-31(38)36-16-18-41-19-17-36)26-13-14-29(30(37)21-26)25-9-6-8-24(20-25)23-34-32(39)35-27-10-7-11-28(22-27)40-3/h6-11,13-14,20-22,37H,4-5,12,15-19,23H2,1-3H3,(H2,34,35,39). The van der Waals surface area contributed by atoms with Gasteiger partial charge in [0, 0.05) is 43.4 Å². The minimum atomic E-state index is -0.316. The largest absolute Gasteiger partial charge is 0.507 e. The molecule has 8 nitrogen and oxygen atoms in total. The molecule has 0 unspecified atom stereocenters. The monoisotopic (exact) mass is 559 g/mol. The molecule has 4 rings (SSSR count). The number of nitrogens with one attached hydrogen (secondary N) is 2. The van der Waals surface area contributed by atoms with Gasteiger partial charge in [-0.25, -0.2) is 4.79 Å². The van der Waals surface area contributed by atoms with Crippen LogP contribution in [0.5, 0.6) is 11.5 Å². The molecule has 218 valence electrons. The first kappa shape index (κ1) is 29.9. The summed E-state index contributed by atoms with van der Waals surface area (Å²) in [5.74, 6) is 1.10. The second-order valence-electron chi connectivity index (χ2n) is 11.1. The zero-order valence-electron chi connectivity index (χ0n) is 24.2. The predicted octanol–water partition coefficient (Wildman–Crippen LogP) is 6.09. The summed E-state index contributed by atoms with van der Waals surface area (Å²) in [5.41, 5.74) is 4.10. The predicted molar refractivity (Wildman–Crippen MR) is 161 cm³/mol. The lowest BCUT2D eigenvalue weighted by molar-refractivity contribution is -0.135. The van der Waals surface area contributed by atoms with Crippen LogP contribution in [0.15, 0.2) is 66.7 Å². The van der Waals surface area contributed by atoms with Crippen LogP contribution in [0.2, 0.25) is 0 Å². The van der Waals surface area contributed by atoms with Gasteiger partial charge in [-0.05, 0) is 59.2 Å². The molecule has 1 aliphatic rings. The number of urea groups is 1. The highest BCUT2D eigenvalue weighted by Gasteiger charge is 2.23. The molecule has 1 heterocycles. The van der Waals surface area contributed by atoms with Crippen molar-refractivity contribution in [1.29, 1.82) is 0 Å². The maximum atomic E-state index is 12.4. The number of phenols is 1. The number of hydrogen-bond donors (Lipinski definition) is 3. The third-order valence-electron chi connectivity index (χ3n) is 7.60. The number of morpholine rings is 1. The fourth-order valence-electron chi connectivity index (χ4n) is 5.06. The summed E-state index contributed by atoms with van der Waals surface area (Å²) in [7, 11) is 1.58. The Balaban J connectivity index is 1.31. The van der Waals surface area contributed by atoms with E-state index in [2.05, 4.69) is 30.5 Å². The van der Waals surface area contributed by atoms with Crippen molar-refractivity contribution in [2.75, 3.05) is 38.7 Å². The first-order valence-electron chi connectivity index (χ1n) is 14.2. The molecule has 3 N–H and O–H groups in total. The lowest BCUT2D eigenvalue weighted by atomic mass is 9.79. The number of hydrogen-bond acceptors (Lipinski definition) is 5. The molecule has 0 bridgehead atoms. The highest BCUT2D eigenvalue weighted by Crippen LogP contribution is 2.36. The molecule has 1 fully saturated rings. The zero-order chi connectivity index (χ0) is 29.2. The molecule has 41 heavy (non-hydrogen) atoms. The van der Waals surface area contributed by atoms with Crippen LogP contribution in [-0.2, 0) is 21.5 Å². The number of rotatable bonds is 11. The van der Waals surface area contributed by atoms with Crippen LogP contribution in [0.3, 0.4) is 0 Å². The fraction of sp³-hybridized carbons (Fsp3) is 0.394. The topological polar surface area (TPSA) is 100 Å². The van der Waals surface area contributed by atoms with Gasteiger partial charge in [-0.1, -0.05) is 56.7 Å². The van der Waals surface area contributed by atoms with Crippen LogP contribution >= 0.6 is 0 Å². The van der Waals surface area contributed by atoms with Gasteiger partial charge in [-0.2, -0.15) is 0 Å². The molecule has 0 spiro atoms. The molecule has 1 aliphatic heterocycles. The van der Waals surface area contributed by atoms with Gasteiger partial charge in [0.15, 0.2) is 0 Å². The summed E-state index contributed by atoms with van der Waals surface area (Å²) < 4.78 is 10.5. The van der Waals surface area contributed by atoms with Crippen LogP contribution in [0.4, 0.5) is 10.5 Å². The second kappa shape index (κ2) is 14.0. The summed E-state index contributed by atoms with van der Waals surface area (Å²) in [6.07, 6.45) is 3.27. The van der Waals surface area contributed by atoms with E-state index in [1.807, 2.05) is 53.4 Å². The van der Waals surface area contributed by atoms with Crippen molar-refractivity contribution >= 4 is 17.6 Å². The summed E-state index contributed by atoms with van der Waals surface area (Å²) >= 11 is 0. The number of benzene rings is 3. The lowest BCUT2D eigenvalue weighted by Gasteiger charge is -2.28. The van der Waals surface area contributed by atoms with Crippen LogP contribution in [0, 0.1) is 0 Å². The van der Waals surface area contributed by atoms with Gasteiger partial charge in [0.05, 0.1) is 20.3 Å². The SMILES string of the molecule is COc1cccc(NC(=O)NCc2cccc(-c3ccc(C(C)(C)CCCCC(=O)N4CCOCC4)cc3O)c2)c1. The van der Waals surface area contributed by atoms with Gasteiger partial charge in [0.25, 0.3) is 0 Å². The van der Waals surface area contributed by atoms with E-state index in [1.54, 1.807) is 19.2 Å². The Morgan fingerprint density at radius 1 is 1.00 bits per heavy atom.